The second-order valence-electron chi connectivity index (χ2n) is 5.48. The van der Waals surface area contributed by atoms with Crippen LogP contribution in [0.1, 0.15) is 33.6 Å². The summed E-state index contributed by atoms with van der Waals surface area (Å²) in [5, 5.41) is 12.2. The van der Waals surface area contributed by atoms with Crippen LogP contribution in [0.15, 0.2) is 48.5 Å². The minimum atomic E-state index is -0.322. The summed E-state index contributed by atoms with van der Waals surface area (Å²) < 4.78 is 0. The number of carbonyl (C=O) groups excluding carboxylic acids is 3. The molecule has 0 spiro atoms. The molecule has 2 N–H and O–H groups in total. The number of anilines is 1. The summed E-state index contributed by atoms with van der Waals surface area (Å²) in [6.07, 6.45) is 0.493. The quantitative estimate of drug-likeness (QED) is 0.653. The highest BCUT2D eigenvalue weighted by atomic mass is 16.3. The van der Waals surface area contributed by atoms with E-state index >= 15 is 0 Å². The number of phenols is 1. The lowest BCUT2D eigenvalue weighted by Crippen LogP contribution is -2.31. The van der Waals surface area contributed by atoms with Crippen molar-refractivity contribution < 1.29 is 19.5 Å². The smallest absolute Gasteiger partial charge is 0.261 e. The van der Waals surface area contributed by atoms with Crippen LogP contribution in [0.25, 0.3) is 0 Å². The predicted molar refractivity (Wildman–Crippen MR) is 87.8 cm³/mol. The molecular formula is C18H16N2O4. The van der Waals surface area contributed by atoms with Crippen LogP contribution in [0.5, 0.6) is 5.75 Å². The second kappa shape index (κ2) is 6.54. The molecule has 0 atom stereocenters. The minimum Gasteiger partial charge on any atom is -0.506 e. The van der Waals surface area contributed by atoms with Crippen LogP contribution in [-0.2, 0) is 4.79 Å². The molecule has 0 bridgehead atoms. The number of amides is 3. The Labute approximate surface area is 138 Å². The molecular weight excluding hydrogens is 308 g/mol. The molecule has 24 heavy (non-hydrogen) atoms. The highest BCUT2D eigenvalue weighted by molar-refractivity contribution is 6.21. The lowest BCUT2D eigenvalue weighted by Gasteiger charge is -2.13. The maximum Gasteiger partial charge on any atom is 0.261 e. The van der Waals surface area contributed by atoms with Gasteiger partial charge in [0.1, 0.15) is 5.75 Å². The molecule has 0 saturated carbocycles. The number of para-hydroxylation sites is 2. The van der Waals surface area contributed by atoms with E-state index in [0.717, 1.165) is 4.90 Å². The highest BCUT2D eigenvalue weighted by Crippen LogP contribution is 2.23. The van der Waals surface area contributed by atoms with Crippen LogP contribution < -0.4 is 5.32 Å². The fraction of sp³-hybridized carbons (Fsp3) is 0.167. The number of rotatable bonds is 5. The molecule has 6 heteroatoms. The van der Waals surface area contributed by atoms with Crippen molar-refractivity contribution in [2.24, 2.45) is 0 Å². The molecule has 3 rings (SSSR count). The van der Waals surface area contributed by atoms with Gasteiger partial charge in [-0.1, -0.05) is 24.3 Å². The normalized spacial score (nSPS) is 13.1. The van der Waals surface area contributed by atoms with E-state index in [4.69, 9.17) is 0 Å². The Morgan fingerprint density at radius 3 is 2.17 bits per heavy atom. The van der Waals surface area contributed by atoms with Gasteiger partial charge in [-0.3, -0.25) is 19.3 Å². The summed E-state index contributed by atoms with van der Waals surface area (Å²) in [6, 6.07) is 13.1. The van der Waals surface area contributed by atoms with Crippen LogP contribution in [0.4, 0.5) is 5.69 Å². The molecule has 1 aliphatic heterocycles. The first-order valence-electron chi connectivity index (χ1n) is 7.61. The van der Waals surface area contributed by atoms with Gasteiger partial charge in [-0.15, -0.1) is 0 Å². The van der Waals surface area contributed by atoms with Crippen LogP contribution in [0, 0.1) is 0 Å². The van der Waals surface area contributed by atoms with Crippen molar-refractivity contribution in [1.82, 2.24) is 4.90 Å². The number of hydrogen-bond donors (Lipinski definition) is 2. The van der Waals surface area contributed by atoms with Crippen molar-refractivity contribution in [2.75, 3.05) is 11.9 Å². The molecule has 1 heterocycles. The highest BCUT2D eigenvalue weighted by Gasteiger charge is 2.34. The minimum absolute atomic E-state index is 0.00815. The summed E-state index contributed by atoms with van der Waals surface area (Å²) >= 11 is 0. The lowest BCUT2D eigenvalue weighted by molar-refractivity contribution is -0.116. The van der Waals surface area contributed by atoms with Gasteiger partial charge in [0.2, 0.25) is 5.91 Å². The number of benzene rings is 2. The maximum absolute atomic E-state index is 12.2. The third kappa shape index (κ3) is 2.99. The molecule has 6 nitrogen and oxygen atoms in total. The van der Waals surface area contributed by atoms with Crippen molar-refractivity contribution in [1.29, 1.82) is 0 Å². The summed E-state index contributed by atoms with van der Waals surface area (Å²) in [7, 11) is 0. The lowest BCUT2D eigenvalue weighted by atomic mass is 10.1. The van der Waals surface area contributed by atoms with Crippen LogP contribution in [-0.4, -0.2) is 34.3 Å². The van der Waals surface area contributed by atoms with Crippen molar-refractivity contribution >= 4 is 23.4 Å². The maximum atomic E-state index is 12.2. The van der Waals surface area contributed by atoms with Gasteiger partial charge in [-0.05, 0) is 30.7 Å². The fourth-order valence-electron chi connectivity index (χ4n) is 2.63. The second-order valence-corrected chi connectivity index (χ2v) is 5.48. The van der Waals surface area contributed by atoms with Crippen LogP contribution in [0.3, 0.4) is 0 Å². The zero-order valence-electron chi connectivity index (χ0n) is 12.9. The Balaban J connectivity index is 1.54. The van der Waals surface area contributed by atoms with Gasteiger partial charge in [-0.2, -0.15) is 0 Å². The van der Waals surface area contributed by atoms with Gasteiger partial charge in [0, 0.05) is 13.0 Å². The fourth-order valence-corrected chi connectivity index (χ4v) is 2.63. The van der Waals surface area contributed by atoms with Crippen molar-refractivity contribution in [2.45, 2.75) is 12.8 Å². The Hall–Kier alpha value is -3.15. The van der Waals surface area contributed by atoms with E-state index in [-0.39, 0.29) is 36.4 Å². The molecule has 3 amide bonds. The summed E-state index contributed by atoms with van der Waals surface area (Å²) in [4.78, 5) is 37.5. The average Bonchev–Trinajstić information content (AvgIpc) is 2.82. The van der Waals surface area contributed by atoms with Gasteiger partial charge in [0.25, 0.3) is 11.8 Å². The number of carbonyl (C=O) groups is 3. The van der Waals surface area contributed by atoms with Gasteiger partial charge in [-0.25, -0.2) is 0 Å². The molecule has 2 aromatic carbocycles. The molecule has 1 aliphatic rings. The number of nitrogens with one attached hydrogen (secondary N) is 1. The van der Waals surface area contributed by atoms with Crippen LogP contribution in [0.2, 0.25) is 0 Å². The van der Waals surface area contributed by atoms with Crippen molar-refractivity contribution in [3.05, 3.63) is 59.7 Å². The van der Waals surface area contributed by atoms with E-state index in [2.05, 4.69) is 5.32 Å². The topological polar surface area (TPSA) is 86.7 Å². The van der Waals surface area contributed by atoms with E-state index in [0.29, 0.717) is 23.2 Å². The zero-order valence-corrected chi connectivity index (χ0v) is 12.9. The monoisotopic (exact) mass is 324 g/mol. The first-order valence-corrected chi connectivity index (χ1v) is 7.61. The summed E-state index contributed by atoms with van der Waals surface area (Å²) in [5.74, 6) is -0.937. The van der Waals surface area contributed by atoms with Gasteiger partial charge >= 0.3 is 0 Å². The SMILES string of the molecule is O=C(CCCN1C(=O)c2ccccc2C1=O)Nc1ccccc1O. The Bertz CT molecular complexity index is 781. The number of phenolic OH excluding ortho intramolecular Hbond substituents is 1. The van der Waals surface area contributed by atoms with Crippen molar-refractivity contribution in [3.63, 3.8) is 0 Å². The van der Waals surface area contributed by atoms with Gasteiger partial charge in [0.15, 0.2) is 0 Å². The third-order valence-electron chi connectivity index (χ3n) is 3.84. The molecule has 0 radical (unpaired) electrons. The largest absolute Gasteiger partial charge is 0.506 e. The number of hydrogen-bond acceptors (Lipinski definition) is 4. The van der Waals surface area contributed by atoms with E-state index in [1.54, 1.807) is 42.5 Å². The average molecular weight is 324 g/mol. The van der Waals surface area contributed by atoms with E-state index in [1.807, 2.05) is 0 Å². The Kier molecular flexibility index (Phi) is 4.29. The predicted octanol–water partition coefficient (Wildman–Crippen LogP) is 2.41. The van der Waals surface area contributed by atoms with E-state index in [9.17, 15) is 19.5 Å². The van der Waals surface area contributed by atoms with Gasteiger partial charge < -0.3 is 10.4 Å². The van der Waals surface area contributed by atoms with E-state index in [1.165, 1.54) is 6.07 Å². The third-order valence-corrected chi connectivity index (χ3v) is 3.84. The van der Waals surface area contributed by atoms with Crippen LogP contribution >= 0.6 is 0 Å². The van der Waals surface area contributed by atoms with Crippen molar-refractivity contribution in [3.8, 4) is 5.75 Å². The number of imide groups is 1. The van der Waals surface area contributed by atoms with Gasteiger partial charge in [0.05, 0.1) is 16.8 Å². The Morgan fingerprint density at radius 2 is 1.54 bits per heavy atom. The van der Waals surface area contributed by atoms with E-state index < -0.39 is 0 Å². The number of fused-ring (bicyclic) bond motifs is 1. The zero-order chi connectivity index (χ0) is 17.1. The number of aromatic hydroxyl groups is 1. The molecule has 0 aliphatic carbocycles. The first-order chi connectivity index (χ1) is 11.6. The number of nitrogens with zero attached hydrogens (tertiary/aromatic N) is 1. The molecule has 0 fully saturated rings. The summed E-state index contributed by atoms with van der Waals surface area (Å²) in [5.41, 5.74) is 1.14. The standard InChI is InChI=1S/C18H16N2O4/c21-15-9-4-3-8-14(15)19-16(22)10-5-11-20-17(23)12-6-1-2-7-13(12)18(20)24/h1-4,6-9,21H,5,10-11H2,(H,19,22). The Morgan fingerprint density at radius 1 is 0.958 bits per heavy atom. The molecule has 2 aromatic rings. The summed E-state index contributed by atoms with van der Waals surface area (Å²) in [6.45, 7) is 0.181. The molecule has 122 valence electrons. The molecule has 0 unspecified atom stereocenters. The first kappa shape index (κ1) is 15.7. The molecule has 0 aromatic heterocycles. The molecule has 0 saturated heterocycles.